The van der Waals surface area contributed by atoms with Gasteiger partial charge in [0.1, 0.15) is 8.07 Å². The summed E-state index contributed by atoms with van der Waals surface area (Å²) >= 11 is 0. The topological polar surface area (TPSA) is 9.23 Å². The molecule has 0 aliphatic rings. The van der Waals surface area contributed by atoms with Crippen LogP contribution in [0.1, 0.15) is 40.0 Å². The first-order chi connectivity index (χ1) is 8.85. The Labute approximate surface area is 129 Å². The van der Waals surface area contributed by atoms with E-state index in [9.17, 15) is 0 Å². The molecule has 0 atom stereocenters. The van der Waals surface area contributed by atoms with Gasteiger partial charge in [0.15, 0.2) is 8.32 Å². The Hall–Kier alpha value is -0.306. The zero-order chi connectivity index (χ0) is 16.0. The highest BCUT2D eigenvalue weighted by molar-refractivity contribution is 6.83. The van der Waals surface area contributed by atoms with Gasteiger partial charge in [0.05, 0.1) is 0 Å². The van der Waals surface area contributed by atoms with Gasteiger partial charge in [-0.15, -0.1) is 11.5 Å². The first kappa shape index (κ1) is 19.7. The number of hydrogen-bond acceptors (Lipinski definition) is 1. The van der Waals surface area contributed by atoms with E-state index < -0.39 is 16.4 Å². The van der Waals surface area contributed by atoms with E-state index in [0.29, 0.717) is 0 Å². The van der Waals surface area contributed by atoms with Crippen LogP contribution in [0.15, 0.2) is 12.2 Å². The number of hydrogen-bond donors (Lipinski definition) is 0. The molecule has 0 amide bonds. The van der Waals surface area contributed by atoms with Crippen LogP contribution in [-0.2, 0) is 4.43 Å². The van der Waals surface area contributed by atoms with Gasteiger partial charge in [0, 0.05) is 13.0 Å². The smallest absolute Gasteiger partial charge is 0.191 e. The van der Waals surface area contributed by atoms with Crippen molar-refractivity contribution in [3.63, 3.8) is 0 Å². The molecule has 3 heteroatoms. The fourth-order valence-corrected chi connectivity index (χ4v) is 3.06. The standard InChI is InChI=1S/C17H34OSi2/c1-16(12-10-11-15-19(5,6)7)13-14-18-20(8,9)17(2,3)4/h1,10,12-14H2,2-9H3. The minimum absolute atomic E-state index is 0.289. The summed E-state index contributed by atoms with van der Waals surface area (Å²) < 4.78 is 6.17. The lowest BCUT2D eigenvalue weighted by Crippen LogP contribution is -2.41. The maximum Gasteiger partial charge on any atom is 0.191 e. The van der Waals surface area contributed by atoms with E-state index in [1.807, 2.05) is 0 Å². The Morgan fingerprint density at radius 3 is 2.05 bits per heavy atom. The molecule has 0 saturated carbocycles. The maximum absolute atomic E-state index is 6.17. The molecule has 0 rings (SSSR count). The van der Waals surface area contributed by atoms with Crippen LogP contribution in [-0.4, -0.2) is 23.0 Å². The first-order valence-corrected chi connectivity index (χ1v) is 14.1. The molecular formula is C17H34OSi2. The lowest BCUT2D eigenvalue weighted by Gasteiger charge is -2.36. The maximum atomic E-state index is 6.17. The fraction of sp³-hybridized carbons (Fsp3) is 0.765. The number of rotatable bonds is 6. The van der Waals surface area contributed by atoms with E-state index in [2.05, 4.69) is 71.5 Å². The summed E-state index contributed by atoms with van der Waals surface area (Å²) in [6.07, 6.45) is 2.93. The molecular weight excluding hydrogens is 276 g/mol. The van der Waals surface area contributed by atoms with E-state index in [1.165, 1.54) is 5.57 Å². The third-order valence-electron chi connectivity index (χ3n) is 3.79. The van der Waals surface area contributed by atoms with Gasteiger partial charge >= 0.3 is 0 Å². The molecule has 0 fully saturated rings. The molecule has 0 spiro atoms. The van der Waals surface area contributed by atoms with Crippen LogP contribution in [0.4, 0.5) is 0 Å². The van der Waals surface area contributed by atoms with Crippen molar-refractivity contribution in [1.82, 2.24) is 0 Å². The highest BCUT2D eigenvalue weighted by atomic mass is 28.4. The molecule has 0 aromatic heterocycles. The van der Waals surface area contributed by atoms with E-state index in [-0.39, 0.29) is 5.04 Å². The van der Waals surface area contributed by atoms with Gasteiger partial charge in [-0.25, -0.2) is 0 Å². The molecule has 0 heterocycles. The van der Waals surface area contributed by atoms with Crippen molar-refractivity contribution < 1.29 is 4.43 Å². The largest absolute Gasteiger partial charge is 0.417 e. The summed E-state index contributed by atoms with van der Waals surface area (Å²) in [6, 6.07) is 0. The van der Waals surface area contributed by atoms with Crippen molar-refractivity contribution in [2.24, 2.45) is 0 Å². The van der Waals surface area contributed by atoms with Crippen molar-refractivity contribution in [3.05, 3.63) is 12.2 Å². The van der Waals surface area contributed by atoms with Gasteiger partial charge in [-0.05, 0) is 31.0 Å². The Balaban J connectivity index is 3.99. The van der Waals surface area contributed by atoms with Crippen molar-refractivity contribution >= 4 is 16.4 Å². The zero-order valence-corrected chi connectivity index (χ0v) is 16.9. The van der Waals surface area contributed by atoms with Gasteiger partial charge in [-0.1, -0.05) is 52.6 Å². The highest BCUT2D eigenvalue weighted by Crippen LogP contribution is 2.36. The Morgan fingerprint density at radius 1 is 1.05 bits per heavy atom. The van der Waals surface area contributed by atoms with Crippen LogP contribution < -0.4 is 0 Å². The molecule has 0 aromatic rings. The molecule has 0 N–H and O–H groups in total. The second-order valence-corrected chi connectivity index (χ2v) is 17.7. The summed E-state index contributed by atoms with van der Waals surface area (Å²) in [5.41, 5.74) is 4.67. The third-order valence-corrected chi connectivity index (χ3v) is 9.26. The second-order valence-electron chi connectivity index (χ2n) is 8.16. The van der Waals surface area contributed by atoms with Crippen LogP contribution in [0.3, 0.4) is 0 Å². The molecule has 0 aromatic carbocycles. The fourth-order valence-electron chi connectivity index (χ4n) is 1.36. The highest BCUT2D eigenvalue weighted by Gasteiger charge is 2.36. The van der Waals surface area contributed by atoms with Gasteiger partial charge in [0.2, 0.25) is 0 Å². The van der Waals surface area contributed by atoms with Crippen LogP contribution in [0.2, 0.25) is 37.8 Å². The van der Waals surface area contributed by atoms with Gasteiger partial charge in [-0.2, -0.15) is 0 Å². The summed E-state index contributed by atoms with van der Waals surface area (Å²) in [6.45, 7) is 23.2. The van der Waals surface area contributed by atoms with Crippen molar-refractivity contribution in [3.8, 4) is 11.5 Å². The molecule has 116 valence electrons. The SMILES string of the molecule is C=C(CCC#C[Si](C)(C)C)CCO[Si](C)(C)C(C)(C)C. The summed E-state index contributed by atoms with van der Waals surface area (Å²) in [4.78, 5) is 0. The van der Waals surface area contributed by atoms with Gasteiger partial charge in [-0.3, -0.25) is 0 Å². The van der Waals surface area contributed by atoms with Gasteiger partial charge in [0.25, 0.3) is 0 Å². The normalized spacial score (nSPS) is 12.8. The summed E-state index contributed by atoms with van der Waals surface area (Å²) in [7, 11) is -2.81. The molecule has 0 unspecified atom stereocenters. The molecule has 0 radical (unpaired) electrons. The first-order valence-electron chi connectivity index (χ1n) is 7.66. The van der Waals surface area contributed by atoms with Crippen molar-refractivity contribution in [2.45, 2.75) is 77.8 Å². The second kappa shape index (κ2) is 7.63. The van der Waals surface area contributed by atoms with Crippen LogP contribution >= 0.6 is 0 Å². The molecule has 1 nitrogen and oxygen atoms in total. The lowest BCUT2D eigenvalue weighted by atomic mass is 10.1. The quantitative estimate of drug-likeness (QED) is 0.352. The average Bonchev–Trinajstić information content (AvgIpc) is 2.21. The van der Waals surface area contributed by atoms with E-state index in [1.54, 1.807) is 0 Å². The van der Waals surface area contributed by atoms with Gasteiger partial charge < -0.3 is 4.43 Å². The Bertz CT molecular complexity index is 373. The third kappa shape index (κ3) is 8.78. The van der Waals surface area contributed by atoms with E-state index in [0.717, 1.165) is 25.9 Å². The molecule has 20 heavy (non-hydrogen) atoms. The monoisotopic (exact) mass is 310 g/mol. The predicted molar refractivity (Wildman–Crippen MR) is 97.3 cm³/mol. The lowest BCUT2D eigenvalue weighted by molar-refractivity contribution is 0.290. The molecule has 0 saturated heterocycles. The molecule has 0 bridgehead atoms. The van der Waals surface area contributed by atoms with Crippen LogP contribution in [0, 0.1) is 11.5 Å². The van der Waals surface area contributed by atoms with Crippen LogP contribution in [0.5, 0.6) is 0 Å². The Morgan fingerprint density at radius 2 is 1.60 bits per heavy atom. The predicted octanol–water partition coefficient (Wildman–Crippen LogP) is 5.62. The Kier molecular flexibility index (Phi) is 7.51. The minimum Gasteiger partial charge on any atom is -0.417 e. The molecule has 0 aliphatic heterocycles. The van der Waals surface area contributed by atoms with E-state index >= 15 is 0 Å². The average molecular weight is 311 g/mol. The van der Waals surface area contributed by atoms with E-state index in [4.69, 9.17) is 4.43 Å². The summed E-state index contributed by atoms with van der Waals surface area (Å²) in [5.74, 6) is 3.31. The summed E-state index contributed by atoms with van der Waals surface area (Å²) in [5, 5.41) is 0.289. The van der Waals surface area contributed by atoms with Crippen molar-refractivity contribution in [2.75, 3.05) is 6.61 Å². The zero-order valence-electron chi connectivity index (χ0n) is 14.9. The minimum atomic E-state index is -1.60. The molecule has 0 aliphatic carbocycles. The van der Waals surface area contributed by atoms with Crippen molar-refractivity contribution in [1.29, 1.82) is 0 Å². The van der Waals surface area contributed by atoms with Crippen LogP contribution in [0.25, 0.3) is 0 Å².